The third kappa shape index (κ3) is 5.58. The molecule has 9 heteroatoms. The number of thioether (sulfide) groups is 1. The van der Waals surface area contributed by atoms with Gasteiger partial charge in [0, 0.05) is 22.3 Å². The standard InChI is InChI=1S/C23H26BrN5O2S/c1-5-29-21(16(4)25-22(31)17-9-7-6-8-10-17)27-28-23(29)32-13-20(30)26-19-12-11-18(24)14(2)15(19)3/h6-12,16H,5,13H2,1-4H3,(H,25,31)(H,26,30)/t16-/m0/s1. The van der Waals surface area contributed by atoms with E-state index in [1.165, 1.54) is 11.8 Å². The van der Waals surface area contributed by atoms with Gasteiger partial charge < -0.3 is 15.2 Å². The minimum Gasteiger partial charge on any atom is -0.342 e. The molecule has 3 rings (SSSR count). The molecule has 0 radical (unpaired) electrons. The van der Waals surface area contributed by atoms with Crippen molar-refractivity contribution in [2.45, 2.75) is 45.4 Å². The first-order chi connectivity index (χ1) is 15.3. The Bertz CT molecular complexity index is 1120. The van der Waals surface area contributed by atoms with Crippen molar-refractivity contribution in [1.29, 1.82) is 0 Å². The van der Waals surface area contributed by atoms with Crippen LogP contribution in [-0.2, 0) is 11.3 Å². The second-order valence-corrected chi connectivity index (χ2v) is 9.12. The lowest BCUT2D eigenvalue weighted by Crippen LogP contribution is -2.28. The Morgan fingerprint density at radius 2 is 1.81 bits per heavy atom. The number of carbonyl (C=O) groups excluding carboxylic acids is 2. The highest BCUT2D eigenvalue weighted by molar-refractivity contribution is 9.10. The first-order valence-electron chi connectivity index (χ1n) is 10.3. The number of nitrogens with one attached hydrogen (secondary N) is 2. The Morgan fingerprint density at radius 1 is 1.09 bits per heavy atom. The number of rotatable bonds is 8. The summed E-state index contributed by atoms with van der Waals surface area (Å²) in [5.74, 6) is 0.575. The fraction of sp³-hybridized carbons (Fsp3) is 0.304. The maximum absolute atomic E-state index is 12.5. The number of hydrogen-bond donors (Lipinski definition) is 2. The molecule has 0 aliphatic carbocycles. The lowest BCUT2D eigenvalue weighted by Gasteiger charge is -2.15. The smallest absolute Gasteiger partial charge is 0.251 e. The van der Waals surface area contributed by atoms with Crippen LogP contribution < -0.4 is 10.6 Å². The molecule has 1 atom stereocenters. The second kappa shape index (κ2) is 10.8. The minimum atomic E-state index is -0.327. The van der Waals surface area contributed by atoms with E-state index in [2.05, 4.69) is 36.8 Å². The highest BCUT2D eigenvalue weighted by Gasteiger charge is 2.20. The monoisotopic (exact) mass is 515 g/mol. The van der Waals surface area contributed by atoms with Gasteiger partial charge in [-0.15, -0.1) is 10.2 Å². The third-order valence-corrected chi connectivity index (χ3v) is 6.99. The van der Waals surface area contributed by atoms with Gasteiger partial charge in [-0.25, -0.2) is 0 Å². The van der Waals surface area contributed by atoms with Crippen LogP contribution in [0.25, 0.3) is 0 Å². The normalized spacial score (nSPS) is 11.8. The predicted octanol–water partition coefficient (Wildman–Crippen LogP) is 4.90. The number of nitrogens with zero attached hydrogens (tertiary/aromatic N) is 3. The molecule has 2 N–H and O–H groups in total. The van der Waals surface area contributed by atoms with Crippen molar-refractivity contribution in [3.8, 4) is 0 Å². The van der Waals surface area contributed by atoms with Crippen LogP contribution in [0.3, 0.4) is 0 Å². The second-order valence-electron chi connectivity index (χ2n) is 7.33. The van der Waals surface area contributed by atoms with Gasteiger partial charge in [-0.3, -0.25) is 9.59 Å². The topological polar surface area (TPSA) is 88.9 Å². The van der Waals surface area contributed by atoms with Gasteiger partial charge in [0.15, 0.2) is 11.0 Å². The molecule has 1 aromatic heterocycles. The van der Waals surface area contributed by atoms with Gasteiger partial charge in [0.25, 0.3) is 5.91 Å². The van der Waals surface area contributed by atoms with Crippen molar-refractivity contribution in [3.63, 3.8) is 0 Å². The van der Waals surface area contributed by atoms with Crippen LogP contribution in [0.5, 0.6) is 0 Å². The Labute approximate surface area is 200 Å². The zero-order valence-corrected chi connectivity index (χ0v) is 20.9. The van der Waals surface area contributed by atoms with Crippen LogP contribution >= 0.6 is 27.7 Å². The zero-order valence-electron chi connectivity index (χ0n) is 18.5. The van der Waals surface area contributed by atoms with Crippen LogP contribution in [0, 0.1) is 13.8 Å². The van der Waals surface area contributed by atoms with E-state index in [9.17, 15) is 9.59 Å². The van der Waals surface area contributed by atoms with Gasteiger partial charge in [0.1, 0.15) is 0 Å². The molecule has 0 saturated heterocycles. The Balaban J connectivity index is 1.64. The molecular weight excluding hydrogens is 490 g/mol. The van der Waals surface area contributed by atoms with Crippen LogP contribution in [0.15, 0.2) is 52.1 Å². The average Bonchev–Trinajstić information content (AvgIpc) is 3.21. The van der Waals surface area contributed by atoms with Gasteiger partial charge in [-0.2, -0.15) is 0 Å². The molecule has 0 aliphatic rings. The van der Waals surface area contributed by atoms with E-state index in [0.717, 1.165) is 21.3 Å². The molecule has 3 aromatic rings. The molecule has 0 bridgehead atoms. The summed E-state index contributed by atoms with van der Waals surface area (Å²) in [7, 11) is 0. The Hall–Kier alpha value is -2.65. The highest BCUT2D eigenvalue weighted by atomic mass is 79.9. The zero-order chi connectivity index (χ0) is 23.3. The van der Waals surface area contributed by atoms with E-state index in [0.29, 0.717) is 23.1 Å². The van der Waals surface area contributed by atoms with Crippen LogP contribution in [0.2, 0.25) is 0 Å². The van der Waals surface area contributed by atoms with Crippen molar-refractivity contribution < 1.29 is 9.59 Å². The number of benzene rings is 2. The van der Waals surface area contributed by atoms with E-state index in [4.69, 9.17) is 0 Å². The number of aromatic nitrogens is 3. The van der Waals surface area contributed by atoms with Gasteiger partial charge in [-0.1, -0.05) is 45.9 Å². The largest absolute Gasteiger partial charge is 0.342 e. The fourth-order valence-corrected chi connectivity index (χ4v) is 4.44. The molecule has 0 unspecified atom stereocenters. The molecule has 2 amide bonds. The summed E-state index contributed by atoms with van der Waals surface area (Å²) in [5, 5.41) is 15.1. The summed E-state index contributed by atoms with van der Waals surface area (Å²) in [6.07, 6.45) is 0. The summed E-state index contributed by atoms with van der Waals surface area (Å²) >= 11 is 4.83. The molecule has 168 valence electrons. The molecule has 0 aliphatic heterocycles. The highest BCUT2D eigenvalue weighted by Crippen LogP contribution is 2.26. The van der Waals surface area contributed by atoms with Crippen molar-refractivity contribution in [3.05, 3.63) is 69.5 Å². The number of halogens is 1. The quantitative estimate of drug-likeness (QED) is 0.416. The van der Waals surface area contributed by atoms with E-state index in [-0.39, 0.29) is 23.6 Å². The summed E-state index contributed by atoms with van der Waals surface area (Å²) < 4.78 is 2.93. The predicted molar refractivity (Wildman–Crippen MR) is 131 cm³/mol. The third-order valence-electron chi connectivity index (χ3n) is 5.16. The maximum Gasteiger partial charge on any atom is 0.251 e. The van der Waals surface area contributed by atoms with Crippen molar-refractivity contribution >= 4 is 45.2 Å². The molecule has 0 saturated carbocycles. The SMILES string of the molecule is CCn1c(SCC(=O)Nc2ccc(Br)c(C)c2C)nnc1[C@H](C)NC(=O)c1ccccc1. The number of amides is 2. The van der Waals surface area contributed by atoms with Crippen molar-refractivity contribution in [2.24, 2.45) is 0 Å². The molecule has 0 spiro atoms. The lowest BCUT2D eigenvalue weighted by molar-refractivity contribution is -0.113. The van der Waals surface area contributed by atoms with E-state index >= 15 is 0 Å². The van der Waals surface area contributed by atoms with Gasteiger partial charge in [0.2, 0.25) is 5.91 Å². The summed E-state index contributed by atoms with van der Waals surface area (Å²) in [6.45, 7) is 8.47. The minimum absolute atomic E-state index is 0.113. The molecular formula is C23H26BrN5O2S. The van der Waals surface area contributed by atoms with Crippen LogP contribution in [0.4, 0.5) is 5.69 Å². The molecule has 0 fully saturated rings. The average molecular weight is 516 g/mol. The number of anilines is 1. The Morgan fingerprint density at radius 3 is 2.50 bits per heavy atom. The number of carbonyl (C=O) groups is 2. The van der Waals surface area contributed by atoms with Crippen LogP contribution in [0.1, 0.15) is 47.2 Å². The molecule has 32 heavy (non-hydrogen) atoms. The summed E-state index contributed by atoms with van der Waals surface area (Å²) in [6, 6.07) is 12.5. The van der Waals surface area contributed by atoms with Crippen molar-refractivity contribution in [2.75, 3.05) is 11.1 Å². The molecule has 7 nitrogen and oxygen atoms in total. The van der Waals surface area contributed by atoms with Crippen LogP contribution in [-0.4, -0.2) is 32.3 Å². The fourth-order valence-electron chi connectivity index (χ4n) is 3.20. The van der Waals surface area contributed by atoms with Crippen molar-refractivity contribution in [1.82, 2.24) is 20.1 Å². The molecule has 1 heterocycles. The summed E-state index contributed by atoms with van der Waals surface area (Å²) in [4.78, 5) is 25.0. The van der Waals surface area contributed by atoms with E-state index < -0.39 is 0 Å². The number of hydrogen-bond acceptors (Lipinski definition) is 5. The first kappa shape index (κ1) is 24.0. The molecule has 2 aromatic carbocycles. The van der Waals surface area contributed by atoms with Gasteiger partial charge >= 0.3 is 0 Å². The Kier molecular flexibility index (Phi) is 8.09. The van der Waals surface area contributed by atoms with E-state index in [1.54, 1.807) is 12.1 Å². The van der Waals surface area contributed by atoms with E-state index in [1.807, 2.05) is 62.6 Å². The maximum atomic E-state index is 12.5. The lowest BCUT2D eigenvalue weighted by atomic mass is 10.1. The van der Waals surface area contributed by atoms with Gasteiger partial charge in [0.05, 0.1) is 11.8 Å². The van der Waals surface area contributed by atoms with Gasteiger partial charge in [-0.05, 0) is 63.1 Å². The first-order valence-corrected chi connectivity index (χ1v) is 12.1. The summed E-state index contributed by atoms with van der Waals surface area (Å²) in [5.41, 5.74) is 3.51.